The minimum Gasteiger partial charge on any atom is -0.508 e. The topological polar surface area (TPSA) is 202 Å². The van der Waals surface area contributed by atoms with Crippen LogP contribution in [0.1, 0.15) is 25.5 Å². The Balaban J connectivity index is 0.00000324. The number of phenols is 1. The molecule has 1 saturated carbocycles. The number of primary amides is 1. The number of hydrogen-bond acceptors (Lipinski definition) is 10. The quantitative estimate of drug-likeness (QED) is 0.266. The molecule has 0 radical (unpaired) electrons. The minimum atomic E-state index is -3.02. The minimum absolute atomic E-state index is 0. The van der Waals surface area contributed by atoms with Gasteiger partial charge in [-0.3, -0.25) is 19.3 Å². The Bertz CT molecular complexity index is 1180. The Kier molecular flexibility index (Phi) is 5.70. The smallest absolute Gasteiger partial charge is 0.255 e. The highest BCUT2D eigenvalue weighted by Gasteiger charge is 2.70. The van der Waals surface area contributed by atoms with Crippen molar-refractivity contribution in [2.24, 2.45) is 17.6 Å². The third kappa shape index (κ3) is 2.81. The summed E-state index contributed by atoms with van der Waals surface area (Å²) in [7, 11) is 2.80. The van der Waals surface area contributed by atoms with Gasteiger partial charge in [-0.05, 0) is 32.6 Å². The monoisotopic (exact) mass is 476 g/mol. The largest absolute Gasteiger partial charge is 0.508 e. The van der Waals surface area contributed by atoms with Gasteiger partial charge in [0, 0.05) is 0 Å². The molecule has 11 heteroatoms. The summed E-state index contributed by atoms with van der Waals surface area (Å²) in [4.78, 5) is 39.9. The number of carbonyl (C=O) groups is 3. The van der Waals surface area contributed by atoms with E-state index in [2.05, 4.69) is 0 Å². The number of aliphatic hydroxyl groups is 5. The summed E-state index contributed by atoms with van der Waals surface area (Å²) in [6.45, 7) is 1.25. The highest BCUT2D eigenvalue weighted by molar-refractivity contribution is 6.24. The molecule has 184 valence electrons. The lowest BCUT2D eigenvalue weighted by molar-refractivity contribution is -0.181. The van der Waals surface area contributed by atoms with Crippen LogP contribution in [0.25, 0.3) is 5.76 Å². The first kappa shape index (κ1) is 25.4. The van der Waals surface area contributed by atoms with E-state index in [4.69, 9.17) is 5.73 Å². The van der Waals surface area contributed by atoms with Crippen molar-refractivity contribution in [1.82, 2.24) is 4.90 Å². The number of ketones is 2. The van der Waals surface area contributed by atoms with Gasteiger partial charge in [-0.1, -0.05) is 19.6 Å². The Morgan fingerprint density at radius 2 is 1.71 bits per heavy atom. The van der Waals surface area contributed by atoms with Crippen molar-refractivity contribution in [3.8, 4) is 5.75 Å². The summed E-state index contributed by atoms with van der Waals surface area (Å²) in [6, 6.07) is 2.50. The van der Waals surface area contributed by atoms with Gasteiger partial charge in [0.1, 0.15) is 22.8 Å². The summed E-state index contributed by atoms with van der Waals surface area (Å²) in [5.74, 6) is -9.67. The second-order valence-corrected chi connectivity index (χ2v) is 9.06. The summed E-state index contributed by atoms with van der Waals surface area (Å²) >= 11 is 0. The fourth-order valence-corrected chi connectivity index (χ4v) is 5.60. The number of likely N-dealkylation sites (N-methyl/N-ethyl adjacent to an activating group) is 1. The van der Waals surface area contributed by atoms with Crippen molar-refractivity contribution in [2.75, 3.05) is 14.1 Å². The lowest BCUT2D eigenvalue weighted by Crippen LogP contribution is -2.71. The molecule has 11 nitrogen and oxygen atoms in total. The molecule has 3 aliphatic carbocycles. The van der Waals surface area contributed by atoms with Gasteiger partial charge in [-0.15, -0.1) is 0 Å². The number of phenolic OH excluding ortho intramolecular Hbond substituents is 1. The molecule has 1 aromatic carbocycles. The third-order valence-corrected chi connectivity index (χ3v) is 7.03. The number of rotatable bonds is 2. The predicted octanol–water partition coefficient (Wildman–Crippen LogP) is -0.764. The van der Waals surface area contributed by atoms with E-state index in [1.807, 2.05) is 0 Å². The number of aromatic hydroxyl groups is 1. The Labute approximate surface area is 195 Å². The maximum Gasteiger partial charge on any atom is 0.255 e. The van der Waals surface area contributed by atoms with Crippen LogP contribution < -0.4 is 5.73 Å². The maximum atomic E-state index is 13.7. The van der Waals surface area contributed by atoms with Gasteiger partial charge >= 0.3 is 0 Å². The fourth-order valence-electron chi connectivity index (χ4n) is 5.60. The van der Waals surface area contributed by atoms with E-state index in [9.17, 15) is 45.0 Å². The van der Waals surface area contributed by atoms with Crippen LogP contribution in [0, 0.1) is 11.8 Å². The van der Waals surface area contributed by atoms with E-state index in [1.54, 1.807) is 0 Å². The van der Waals surface area contributed by atoms with Crippen LogP contribution in [0.4, 0.5) is 0 Å². The third-order valence-electron chi connectivity index (χ3n) is 7.03. The van der Waals surface area contributed by atoms with E-state index < -0.39 is 81.1 Å². The summed E-state index contributed by atoms with van der Waals surface area (Å²) in [5, 5.41) is 66.3. The van der Waals surface area contributed by atoms with E-state index in [-0.39, 0.29) is 18.6 Å². The van der Waals surface area contributed by atoms with Gasteiger partial charge < -0.3 is 36.4 Å². The zero-order chi connectivity index (χ0) is 24.8. The normalized spacial score (nSPS) is 34.9. The van der Waals surface area contributed by atoms with Gasteiger partial charge in [-0.25, -0.2) is 0 Å². The molecule has 34 heavy (non-hydrogen) atoms. The highest BCUT2D eigenvalue weighted by atomic mass is 16.4. The molecule has 1 aromatic rings. The van der Waals surface area contributed by atoms with Crippen LogP contribution in [0.2, 0.25) is 0 Å². The van der Waals surface area contributed by atoms with Gasteiger partial charge in [-0.2, -0.15) is 0 Å². The Morgan fingerprint density at radius 3 is 2.24 bits per heavy atom. The van der Waals surface area contributed by atoms with Crippen LogP contribution in [0.3, 0.4) is 0 Å². The first-order valence-corrected chi connectivity index (χ1v) is 10.1. The van der Waals surface area contributed by atoms with Gasteiger partial charge in [0.25, 0.3) is 5.91 Å². The molecule has 0 aromatic heterocycles. The van der Waals surface area contributed by atoms with Crippen LogP contribution in [-0.2, 0) is 20.0 Å². The predicted molar refractivity (Wildman–Crippen MR) is 118 cm³/mol. The summed E-state index contributed by atoms with van der Waals surface area (Å²) in [6.07, 6.45) is -1.87. The van der Waals surface area contributed by atoms with Gasteiger partial charge in [0.15, 0.2) is 11.4 Å². The number of carbonyl (C=O) groups excluding carboxylic acids is 3. The van der Waals surface area contributed by atoms with Crippen molar-refractivity contribution in [2.45, 2.75) is 37.7 Å². The number of hydrogen-bond donors (Lipinski definition) is 7. The Hall–Kier alpha value is -3.25. The highest BCUT2D eigenvalue weighted by Crippen LogP contribution is 2.57. The lowest BCUT2D eigenvalue weighted by atomic mass is 9.53. The average Bonchev–Trinajstić information content (AvgIpc) is 2.70. The van der Waals surface area contributed by atoms with Crippen molar-refractivity contribution in [1.29, 1.82) is 0 Å². The molecule has 0 spiro atoms. The van der Waals surface area contributed by atoms with Crippen LogP contribution in [0.5, 0.6) is 5.75 Å². The van der Waals surface area contributed by atoms with E-state index in [1.165, 1.54) is 44.1 Å². The van der Waals surface area contributed by atoms with Gasteiger partial charge in [0.05, 0.1) is 40.7 Å². The number of nitrogens with zero attached hydrogens (tertiary/aromatic N) is 1. The van der Waals surface area contributed by atoms with Crippen LogP contribution in [-0.4, -0.2) is 84.9 Å². The second-order valence-electron chi connectivity index (χ2n) is 9.06. The second kappa shape index (κ2) is 7.64. The SMILES string of the molecule is C.CN(C)[C@@H]1C(=O)C(C(N)=O)=C(O)[C@@]2(O)C(=O)C3=C(O)c4c(O)cccc4[C@@](C)(O)[C@H]3[C@H](O)[C@@H]12. The number of aliphatic hydroxyl groups excluding tert-OH is 3. The first-order chi connectivity index (χ1) is 15.2. The molecule has 0 unspecified atom stereocenters. The van der Waals surface area contributed by atoms with E-state index >= 15 is 0 Å². The zero-order valence-electron chi connectivity index (χ0n) is 18.0. The van der Waals surface area contributed by atoms with Crippen molar-refractivity contribution in [3.63, 3.8) is 0 Å². The fraction of sp³-hybridized carbons (Fsp3) is 0.435. The molecule has 6 atom stereocenters. The Morgan fingerprint density at radius 1 is 1.12 bits per heavy atom. The molecular weight excluding hydrogens is 448 g/mol. The number of fused-ring (bicyclic) bond motifs is 3. The van der Waals surface area contributed by atoms with Crippen molar-refractivity contribution in [3.05, 3.63) is 46.2 Å². The standard InChI is InChI=1S/C22H24N2O9.CH4/c1-21(32)7-5-4-6-8(25)9(7)15(26)10-12(21)17(28)13-14(24(2)3)16(27)11(20(23)31)19(30)22(13,33)18(10)29;/h4-6,12-14,17,25-26,28,30,32-33H,1-3H3,(H2,23,31);1H4/t12-,13-,14+,17+,21-,22+;/m1./s1. The molecule has 1 fully saturated rings. The van der Waals surface area contributed by atoms with Crippen molar-refractivity contribution < 1.29 is 45.0 Å². The molecule has 0 heterocycles. The van der Waals surface area contributed by atoms with Crippen LogP contribution in [0.15, 0.2) is 35.1 Å². The van der Waals surface area contributed by atoms with E-state index in [0.29, 0.717) is 0 Å². The molecule has 0 aliphatic heterocycles. The molecular formula is C23H28N2O9. The molecule has 0 bridgehead atoms. The first-order valence-electron chi connectivity index (χ1n) is 10.1. The number of nitrogens with two attached hydrogens (primary N) is 1. The average molecular weight is 476 g/mol. The summed E-state index contributed by atoms with van der Waals surface area (Å²) < 4.78 is 0. The molecule has 1 amide bonds. The molecule has 3 aliphatic rings. The number of Topliss-reactive ketones (excluding diaryl/α,β-unsaturated/α-hetero) is 2. The molecule has 4 rings (SSSR count). The van der Waals surface area contributed by atoms with E-state index in [0.717, 1.165) is 0 Å². The maximum absolute atomic E-state index is 13.7. The van der Waals surface area contributed by atoms with Gasteiger partial charge in [0.2, 0.25) is 5.78 Å². The van der Waals surface area contributed by atoms with Crippen LogP contribution >= 0.6 is 0 Å². The molecule has 8 N–H and O–H groups in total. The zero-order valence-corrected chi connectivity index (χ0v) is 18.0. The number of benzene rings is 1. The summed E-state index contributed by atoms with van der Waals surface area (Å²) in [5.41, 5.74) is -1.78. The van der Waals surface area contributed by atoms with Crippen molar-refractivity contribution >= 4 is 23.2 Å². The lowest BCUT2D eigenvalue weighted by Gasteiger charge is -2.55. The number of amides is 1. The molecule has 0 saturated heterocycles.